The molecular weight excluding hydrogens is 342 g/mol. The normalized spacial score (nSPS) is 11.2. The molecule has 4 rings (SSSR count). The van der Waals surface area contributed by atoms with E-state index in [-0.39, 0.29) is 0 Å². The number of nitrogens with one attached hydrogen (secondary N) is 1. The van der Waals surface area contributed by atoms with E-state index >= 15 is 0 Å². The van der Waals surface area contributed by atoms with Gasteiger partial charge in [0, 0.05) is 21.6 Å². The zero-order valence-electron chi connectivity index (χ0n) is 13.8. The second kappa shape index (κ2) is 7.37. The molecule has 4 nitrogen and oxygen atoms in total. The zero-order valence-corrected chi connectivity index (χ0v) is 14.6. The lowest BCUT2D eigenvalue weighted by atomic mass is 10.1. The van der Waals surface area contributed by atoms with Crippen molar-refractivity contribution in [3.05, 3.63) is 83.8 Å². The molecule has 0 bridgehead atoms. The third kappa shape index (κ3) is 3.58. The Labute approximate surface area is 155 Å². The van der Waals surface area contributed by atoms with Crippen LogP contribution in [0.1, 0.15) is 21.7 Å². The Morgan fingerprint density at radius 1 is 0.962 bits per heavy atom. The van der Waals surface area contributed by atoms with Crippen molar-refractivity contribution in [2.45, 2.75) is 9.79 Å². The summed E-state index contributed by atoms with van der Waals surface area (Å²) in [4.78, 5) is 25.3. The highest BCUT2D eigenvalue weighted by Gasteiger charge is 2.05. The minimum Gasteiger partial charge on any atom is -0.337 e. The van der Waals surface area contributed by atoms with Gasteiger partial charge in [0.2, 0.25) is 0 Å². The van der Waals surface area contributed by atoms with Gasteiger partial charge in [0.1, 0.15) is 5.82 Å². The van der Waals surface area contributed by atoms with E-state index in [1.165, 1.54) is 0 Å². The number of nitrogens with zero attached hydrogens (tertiary/aromatic N) is 2. The maximum atomic E-state index is 11.4. The van der Waals surface area contributed by atoms with E-state index in [2.05, 4.69) is 15.0 Å². The van der Waals surface area contributed by atoms with Gasteiger partial charge in [-0.2, -0.15) is 0 Å². The summed E-state index contributed by atoms with van der Waals surface area (Å²) in [7, 11) is 0. The Hall–Kier alpha value is -3.18. The molecule has 0 saturated carbocycles. The van der Waals surface area contributed by atoms with Crippen LogP contribution in [0.15, 0.2) is 76.7 Å². The van der Waals surface area contributed by atoms with Gasteiger partial charge in [-0.25, -0.2) is 9.97 Å². The fourth-order valence-electron chi connectivity index (χ4n) is 2.57. The van der Waals surface area contributed by atoms with Crippen molar-refractivity contribution in [2.24, 2.45) is 0 Å². The number of aromatic amines is 1. The topological polar surface area (TPSA) is 58.6 Å². The van der Waals surface area contributed by atoms with E-state index in [4.69, 9.17) is 0 Å². The number of rotatable bonds is 5. The number of pyridine rings is 1. The first-order chi connectivity index (χ1) is 12.8. The van der Waals surface area contributed by atoms with E-state index in [9.17, 15) is 4.79 Å². The molecule has 0 aliphatic heterocycles. The lowest BCUT2D eigenvalue weighted by Gasteiger charge is -2.06. The number of H-pyrrole nitrogens is 1. The SMILES string of the molecule is O=Cc1ccc(C=Cc2nc3ncccc3[nH]2)cc1Sc1ccccc1. The first-order valence-corrected chi connectivity index (χ1v) is 8.94. The zero-order chi connectivity index (χ0) is 17.8. The summed E-state index contributed by atoms with van der Waals surface area (Å²) in [6, 6.07) is 19.6. The molecule has 126 valence electrons. The second-order valence-corrected chi connectivity index (χ2v) is 6.78. The van der Waals surface area contributed by atoms with E-state index in [1.54, 1.807) is 18.0 Å². The van der Waals surface area contributed by atoms with Crippen molar-refractivity contribution in [1.29, 1.82) is 0 Å². The van der Waals surface area contributed by atoms with Crippen LogP contribution in [-0.4, -0.2) is 21.2 Å². The first-order valence-electron chi connectivity index (χ1n) is 8.13. The lowest BCUT2D eigenvalue weighted by Crippen LogP contribution is -1.87. The van der Waals surface area contributed by atoms with E-state index in [0.717, 1.165) is 33.0 Å². The standard InChI is InChI=1S/C21H15N3OS/c25-14-16-10-8-15(13-19(16)26-17-5-2-1-3-6-17)9-11-20-23-18-7-4-12-22-21(18)24-20/h1-14H,(H,22,23,24). The van der Waals surface area contributed by atoms with E-state index in [1.807, 2.05) is 72.8 Å². The fourth-order valence-corrected chi connectivity index (χ4v) is 3.55. The van der Waals surface area contributed by atoms with Crippen LogP contribution in [0.5, 0.6) is 0 Å². The molecule has 1 N–H and O–H groups in total. The molecule has 2 aromatic carbocycles. The molecule has 5 heteroatoms. The molecule has 0 saturated heterocycles. The van der Waals surface area contributed by atoms with Crippen LogP contribution in [0.2, 0.25) is 0 Å². The quantitative estimate of drug-likeness (QED) is 0.505. The Balaban J connectivity index is 1.62. The maximum Gasteiger partial charge on any atom is 0.178 e. The lowest BCUT2D eigenvalue weighted by molar-refractivity contribution is 0.112. The van der Waals surface area contributed by atoms with Crippen LogP contribution >= 0.6 is 11.8 Å². The minimum absolute atomic E-state index is 0.684. The van der Waals surface area contributed by atoms with Crippen molar-refractivity contribution >= 4 is 41.4 Å². The average molecular weight is 357 g/mol. The molecule has 0 radical (unpaired) electrons. The summed E-state index contributed by atoms with van der Waals surface area (Å²) in [6.45, 7) is 0. The maximum absolute atomic E-state index is 11.4. The Bertz CT molecular complexity index is 1050. The van der Waals surface area contributed by atoms with Crippen molar-refractivity contribution in [3.63, 3.8) is 0 Å². The van der Waals surface area contributed by atoms with E-state index in [0.29, 0.717) is 11.2 Å². The number of hydrogen-bond acceptors (Lipinski definition) is 4. The van der Waals surface area contributed by atoms with Gasteiger partial charge in [0.15, 0.2) is 11.9 Å². The van der Waals surface area contributed by atoms with Gasteiger partial charge in [0.05, 0.1) is 5.52 Å². The second-order valence-electron chi connectivity index (χ2n) is 5.66. The summed E-state index contributed by atoms with van der Waals surface area (Å²) in [5.74, 6) is 0.746. The van der Waals surface area contributed by atoms with Gasteiger partial charge in [-0.05, 0) is 48.0 Å². The number of fused-ring (bicyclic) bond motifs is 1. The van der Waals surface area contributed by atoms with Crippen LogP contribution in [0, 0.1) is 0 Å². The average Bonchev–Trinajstić information content (AvgIpc) is 3.10. The molecule has 0 aliphatic rings. The van der Waals surface area contributed by atoms with Crippen molar-refractivity contribution in [2.75, 3.05) is 0 Å². The van der Waals surface area contributed by atoms with Gasteiger partial charge in [-0.1, -0.05) is 42.1 Å². The molecule has 26 heavy (non-hydrogen) atoms. The smallest absolute Gasteiger partial charge is 0.178 e. The van der Waals surface area contributed by atoms with Gasteiger partial charge in [-0.15, -0.1) is 0 Å². The van der Waals surface area contributed by atoms with Crippen molar-refractivity contribution in [3.8, 4) is 0 Å². The Morgan fingerprint density at radius 2 is 1.85 bits per heavy atom. The number of carbonyl (C=O) groups excluding carboxylic acids is 1. The van der Waals surface area contributed by atoms with Crippen LogP contribution in [0.3, 0.4) is 0 Å². The number of hydrogen-bond donors (Lipinski definition) is 1. The molecule has 4 aromatic rings. The van der Waals surface area contributed by atoms with Crippen LogP contribution in [0.4, 0.5) is 0 Å². The largest absolute Gasteiger partial charge is 0.337 e. The molecule has 0 spiro atoms. The third-order valence-electron chi connectivity index (χ3n) is 3.85. The highest BCUT2D eigenvalue weighted by molar-refractivity contribution is 7.99. The van der Waals surface area contributed by atoms with Gasteiger partial charge >= 0.3 is 0 Å². The number of benzene rings is 2. The fraction of sp³-hybridized carbons (Fsp3) is 0. The Kier molecular flexibility index (Phi) is 4.62. The molecule has 0 fully saturated rings. The summed E-state index contributed by atoms with van der Waals surface area (Å²) < 4.78 is 0. The third-order valence-corrected chi connectivity index (χ3v) is 4.93. The van der Waals surface area contributed by atoms with Crippen LogP contribution in [-0.2, 0) is 0 Å². The molecule has 0 unspecified atom stereocenters. The predicted molar refractivity (Wildman–Crippen MR) is 105 cm³/mol. The molecule has 0 atom stereocenters. The van der Waals surface area contributed by atoms with Crippen molar-refractivity contribution in [1.82, 2.24) is 15.0 Å². The number of aldehydes is 1. The van der Waals surface area contributed by atoms with Crippen LogP contribution in [0.25, 0.3) is 23.3 Å². The summed E-state index contributed by atoms with van der Waals surface area (Å²) in [5, 5.41) is 0. The van der Waals surface area contributed by atoms with Gasteiger partial charge in [-0.3, -0.25) is 4.79 Å². The van der Waals surface area contributed by atoms with E-state index < -0.39 is 0 Å². The number of imidazole rings is 1. The molecular formula is C21H15N3OS. The molecule has 2 heterocycles. The summed E-state index contributed by atoms with van der Waals surface area (Å²) >= 11 is 1.58. The Morgan fingerprint density at radius 3 is 2.65 bits per heavy atom. The number of aromatic nitrogens is 3. The van der Waals surface area contributed by atoms with Crippen LogP contribution < -0.4 is 0 Å². The highest BCUT2D eigenvalue weighted by atomic mass is 32.2. The van der Waals surface area contributed by atoms with Crippen molar-refractivity contribution < 1.29 is 4.79 Å². The summed E-state index contributed by atoms with van der Waals surface area (Å²) in [5.41, 5.74) is 3.29. The monoisotopic (exact) mass is 357 g/mol. The van der Waals surface area contributed by atoms with Gasteiger partial charge < -0.3 is 4.98 Å². The molecule has 2 aromatic heterocycles. The van der Waals surface area contributed by atoms with Gasteiger partial charge in [0.25, 0.3) is 0 Å². The number of carbonyl (C=O) groups is 1. The molecule has 0 aliphatic carbocycles. The minimum atomic E-state index is 0.684. The molecule has 0 amide bonds. The summed E-state index contributed by atoms with van der Waals surface area (Å²) in [6.07, 6.45) is 6.50. The highest BCUT2D eigenvalue weighted by Crippen LogP contribution is 2.31. The first kappa shape index (κ1) is 16.3. The predicted octanol–water partition coefficient (Wildman–Crippen LogP) is 5.09.